The number of likely N-dealkylation sites (tertiary alicyclic amines) is 1. The molecule has 0 radical (unpaired) electrons. The van der Waals surface area contributed by atoms with Crippen molar-refractivity contribution < 1.29 is 14.7 Å². The minimum absolute atomic E-state index is 0.174. The number of carbonyl (C=O) groups is 2. The van der Waals surface area contributed by atoms with Gasteiger partial charge in [0.05, 0.1) is 5.92 Å². The zero-order valence-electron chi connectivity index (χ0n) is 11.2. The van der Waals surface area contributed by atoms with E-state index in [9.17, 15) is 14.4 Å². The SMILES string of the molecule is O=C(O)C1CCN(C(=O)Cn2nc3ccccn3c2=O)C1. The van der Waals surface area contributed by atoms with Crippen molar-refractivity contribution in [3.8, 4) is 0 Å². The molecule has 0 saturated carbocycles. The van der Waals surface area contributed by atoms with Crippen LogP contribution >= 0.6 is 0 Å². The van der Waals surface area contributed by atoms with Gasteiger partial charge in [-0.25, -0.2) is 9.48 Å². The molecule has 1 amide bonds. The van der Waals surface area contributed by atoms with E-state index in [0.717, 1.165) is 4.68 Å². The van der Waals surface area contributed by atoms with E-state index < -0.39 is 11.9 Å². The molecule has 3 rings (SSSR count). The summed E-state index contributed by atoms with van der Waals surface area (Å²) in [4.78, 5) is 36.5. The lowest BCUT2D eigenvalue weighted by Crippen LogP contribution is -2.36. The fourth-order valence-electron chi connectivity index (χ4n) is 2.49. The quantitative estimate of drug-likeness (QED) is 0.816. The van der Waals surface area contributed by atoms with E-state index in [0.29, 0.717) is 18.6 Å². The van der Waals surface area contributed by atoms with Crippen molar-refractivity contribution in [2.24, 2.45) is 5.92 Å². The zero-order valence-corrected chi connectivity index (χ0v) is 11.2. The summed E-state index contributed by atoms with van der Waals surface area (Å²) in [6.45, 7) is 0.418. The molecule has 1 atom stereocenters. The van der Waals surface area contributed by atoms with Crippen LogP contribution in [0.4, 0.5) is 0 Å². The molecule has 0 spiro atoms. The van der Waals surface area contributed by atoms with Crippen molar-refractivity contribution in [2.45, 2.75) is 13.0 Å². The fraction of sp³-hybridized carbons (Fsp3) is 0.385. The van der Waals surface area contributed by atoms with Gasteiger partial charge in [0.2, 0.25) is 5.91 Å². The minimum atomic E-state index is -0.893. The Balaban J connectivity index is 1.77. The van der Waals surface area contributed by atoms with E-state index in [2.05, 4.69) is 5.10 Å². The van der Waals surface area contributed by atoms with Gasteiger partial charge in [-0.05, 0) is 18.6 Å². The van der Waals surface area contributed by atoms with Crippen LogP contribution in [0.25, 0.3) is 5.65 Å². The molecule has 0 bridgehead atoms. The van der Waals surface area contributed by atoms with Gasteiger partial charge in [-0.3, -0.25) is 14.0 Å². The van der Waals surface area contributed by atoms with Crippen molar-refractivity contribution in [1.82, 2.24) is 19.1 Å². The molecule has 1 saturated heterocycles. The first-order valence-electron chi connectivity index (χ1n) is 6.61. The van der Waals surface area contributed by atoms with Gasteiger partial charge in [0.25, 0.3) is 0 Å². The maximum absolute atomic E-state index is 12.1. The number of amides is 1. The van der Waals surface area contributed by atoms with Crippen LogP contribution in [0.2, 0.25) is 0 Å². The number of aliphatic carboxylic acids is 1. The number of hydrogen-bond acceptors (Lipinski definition) is 4. The van der Waals surface area contributed by atoms with Crippen molar-refractivity contribution in [1.29, 1.82) is 0 Å². The van der Waals surface area contributed by atoms with E-state index in [1.165, 1.54) is 9.30 Å². The average Bonchev–Trinajstić information content (AvgIpc) is 3.06. The summed E-state index contributed by atoms with van der Waals surface area (Å²) in [7, 11) is 0. The van der Waals surface area contributed by atoms with Crippen LogP contribution in [0.1, 0.15) is 6.42 Å². The molecule has 0 aromatic carbocycles. The monoisotopic (exact) mass is 290 g/mol. The number of hydrogen-bond donors (Lipinski definition) is 1. The highest BCUT2D eigenvalue weighted by Crippen LogP contribution is 2.16. The summed E-state index contributed by atoms with van der Waals surface area (Å²) < 4.78 is 2.46. The molecule has 1 unspecified atom stereocenters. The number of carbonyl (C=O) groups excluding carboxylic acids is 1. The second-order valence-corrected chi connectivity index (χ2v) is 5.03. The largest absolute Gasteiger partial charge is 0.481 e. The molecule has 21 heavy (non-hydrogen) atoms. The van der Waals surface area contributed by atoms with Crippen LogP contribution in [0.5, 0.6) is 0 Å². The molecule has 1 aliphatic rings. The third-order valence-electron chi connectivity index (χ3n) is 3.66. The Morgan fingerprint density at radius 2 is 2.19 bits per heavy atom. The number of fused-ring (bicyclic) bond motifs is 1. The maximum atomic E-state index is 12.1. The molecule has 110 valence electrons. The first-order valence-corrected chi connectivity index (χ1v) is 6.61. The van der Waals surface area contributed by atoms with Crippen LogP contribution in [0.15, 0.2) is 29.2 Å². The topological polar surface area (TPSA) is 96.9 Å². The maximum Gasteiger partial charge on any atom is 0.350 e. The summed E-state index contributed by atoms with van der Waals surface area (Å²) in [6, 6.07) is 5.14. The number of rotatable bonds is 3. The Bertz CT molecular complexity index is 763. The standard InChI is InChI=1S/C13H14N4O4/c18-11(15-6-4-9(7-15)12(19)20)8-17-13(21)16-5-2-1-3-10(16)14-17/h1-3,5,9H,4,6-8H2,(H,19,20). The van der Waals surface area contributed by atoms with E-state index in [-0.39, 0.29) is 24.7 Å². The van der Waals surface area contributed by atoms with Crippen molar-refractivity contribution in [2.75, 3.05) is 13.1 Å². The minimum Gasteiger partial charge on any atom is -0.481 e. The van der Waals surface area contributed by atoms with Crippen molar-refractivity contribution in [3.63, 3.8) is 0 Å². The second-order valence-electron chi connectivity index (χ2n) is 5.03. The molecule has 8 nitrogen and oxygen atoms in total. The molecule has 8 heteroatoms. The lowest BCUT2D eigenvalue weighted by Gasteiger charge is -2.15. The number of aromatic nitrogens is 3. The van der Waals surface area contributed by atoms with E-state index in [1.54, 1.807) is 24.4 Å². The van der Waals surface area contributed by atoms with Gasteiger partial charge in [-0.1, -0.05) is 6.07 Å². The Morgan fingerprint density at radius 1 is 1.38 bits per heavy atom. The molecular weight excluding hydrogens is 276 g/mol. The Kier molecular flexibility index (Phi) is 3.20. The number of pyridine rings is 1. The van der Waals surface area contributed by atoms with E-state index in [1.807, 2.05) is 0 Å². The molecule has 0 aliphatic carbocycles. The van der Waals surface area contributed by atoms with Crippen LogP contribution < -0.4 is 5.69 Å². The van der Waals surface area contributed by atoms with Crippen LogP contribution in [0.3, 0.4) is 0 Å². The lowest BCUT2D eigenvalue weighted by atomic mass is 10.1. The highest BCUT2D eigenvalue weighted by Gasteiger charge is 2.31. The highest BCUT2D eigenvalue weighted by molar-refractivity contribution is 5.78. The van der Waals surface area contributed by atoms with Crippen LogP contribution in [-0.4, -0.2) is 49.2 Å². The van der Waals surface area contributed by atoms with E-state index in [4.69, 9.17) is 5.11 Å². The van der Waals surface area contributed by atoms with Gasteiger partial charge >= 0.3 is 11.7 Å². The molecule has 2 aromatic heterocycles. The second kappa shape index (κ2) is 5.04. The summed E-state index contributed by atoms with van der Waals surface area (Å²) in [5.74, 6) is -1.70. The zero-order chi connectivity index (χ0) is 15.0. The Hall–Kier alpha value is -2.64. The normalized spacial score (nSPS) is 18.3. The van der Waals surface area contributed by atoms with Gasteiger partial charge in [0, 0.05) is 19.3 Å². The number of nitrogens with zero attached hydrogens (tertiary/aromatic N) is 4. The molecular formula is C13H14N4O4. The molecule has 3 heterocycles. The van der Waals surface area contributed by atoms with Gasteiger partial charge < -0.3 is 10.0 Å². The van der Waals surface area contributed by atoms with Gasteiger partial charge in [-0.2, -0.15) is 0 Å². The molecule has 1 fully saturated rings. The van der Waals surface area contributed by atoms with Gasteiger partial charge in [-0.15, -0.1) is 5.10 Å². The third-order valence-corrected chi connectivity index (χ3v) is 3.66. The number of carboxylic acid groups (broad SMARTS) is 1. The third kappa shape index (κ3) is 2.39. The molecule has 2 aromatic rings. The summed E-state index contributed by atoms with van der Waals surface area (Å²) in [5, 5.41) is 13.0. The van der Waals surface area contributed by atoms with Crippen molar-refractivity contribution >= 4 is 17.5 Å². The van der Waals surface area contributed by atoms with Crippen LogP contribution in [0, 0.1) is 5.92 Å². The Labute approximate surface area is 119 Å². The Morgan fingerprint density at radius 3 is 2.86 bits per heavy atom. The van der Waals surface area contributed by atoms with E-state index >= 15 is 0 Å². The van der Waals surface area contributed by atoms with Crippen LogP contribution in [-0.2, 0) is 16.1 Å². The fourth-order valence-corrected chi connectivity index (χ4v) is 2.49. The number of carboxylic acids is 1. The lowest BCUT2D eigenvalue weighted by molar-refractivity contribution is -0.141. The van der Waals surface area contributed by atoms with Gasteiger partial charge in [0.15, 0.2) is 5.65 Å². The molecule has 1 aliphatic heterocycles. The first kappa shape index (κ1) is 13.3. The summed E-state index contributed by atoms with van der Waals surface area (Å²) in [5.41, 5.74) is 0.0908. The van der Waals surface area contributed by atoms with Crippen molar-refractivity contribution in [3.05, 3.63) is 34.9 Å². The average molecular weight is 290 g/mol. The summed E-state index contributed by atoms with van der Waals surface area (Å²) >= 11 is 0. The van der Waals surface area contributed by atoms with Gasteiger partial charge in [0.1, 0.15) is 6.54 Å². The first-order chi connectivity index (χ1) is 10.1. The predicted molar refractivity (Wildman–Crippen MR) is 71.8 cm³/mol. The summed E-state index contributed by atoms with van der Waals surface area (Å²) in [6.07, 6.45) is 2.03. The highest BCUT2D eigenvalue weighted by atomic mass is 16.4. The molecule has 1 N–H and O–H groups in total. The smallest absolute Gasteiger partial charge is 0.350 e. The predicted octanol–water partition coefficient (Wildman–Crippen LogP) is -0.571.